The molecule has 1 amide bonds. The zero-order chi connectivity index (χ0) is 18.6. The Bertz CT molecular complexity index is 807. The van der Waals surface area contributed by atoms with Crippen LogP contribution >= 0.6 is 0 Å². The number of anilines is 1. The van der Waals surface area contributed by atoms with Crippen molar-refractivity contribution in [2.24, 2.45) is 0 Å². The van der Waals surface area contributed by atoms with Gasteiger partial charge in [-0.15, -0.1) is 0 Å². The SMILES string of the molecule is CCOc1ccc(C(=O)N[C@H]2CCCN(c3ncc4c(n3)CCOC4)C2)o1. The largest absolute Gasteiger partial charge is 0.465 e. The van der Waals surface area contributed by atoms with E-state index in [0.717, 1.165) is 43.0 Å². The summed E-state index contributed by atoms with van der Waals surface area (Å²) in [5, 5.41) is 3.05. The number of amides is 1. The number of aromatic nitrogens is 2. The van der Waals surface area contributed by atoms with E-state index in [-0.39, 0.29) is 17.7 Å². The highest BCUT2D eigenvalue weighted by Gasteiger charge is 2.25. The van der Waals surface area contributed by atoms with Crippen molar-refractivity contribution in [3.8, 4) is 5.95 Å². The van der Waals surface area contributed by atoms with Crippen LogP contribution in [-0.4, -0.2) is 48.2 Å². The van der Waals surface area contributed by atoms with E-state index < -0.39 is 0 Å². The number of nitrogens with one attached hydrogen (secondary N) is 1. The number of hydrogen-bond donors (Lipinski definition) is 1. The third-order valence-corrected chi connectivity index (χ3v) is 4.81. The first-order valence-electron chi connectivity index (χ1n) is 9.44. The van der Waals surface area contributed by atoms with Crippen molar-refractivity contribution < 1.29 is 18.7 Å². The number of ether oxygens (including phenoxy) is 2. The van der Waals surface area contributed by atoms with E-state index in [0.29, 0.717) is 32.3 Å². The number of carbonyl (C=O) groups is 1. The molecule has 1 N–H and O–H groups in total. The summed E-state index contributed by atoms with van der Waals surface area (Å²) >= 11 is 0. The normalized spacial score (nSPS) is 19.4. The minimum atomic E-state index is -0.226. The van der Waals surface area contributed by atoms with Gasteiger partial charge in [0, 0.05) is 43.4 Å². The van der Waals surface area contributed by atoms with Crippen LogP contribution in [0, 0.1) is 0 Å². The van der Waals surface area contributed by atoms with Gasteiger partial charge in [-0.2, -0.15) is 0 Å². The molecular weight excluding hydrogens is 348 g/mol. The van der Waals surface area contributed by atoms with E-state index in [4.69, 9.17) is 18.9 Å². The molecule has 8 heteroatoms. The van der Waals surface area contributed by atoms with Gasteiger partial charge in [0.1, 0.15) is 0 Å². The molecule has 2 aliphatic rings. The van der Waals surface area contributed by atoms with Crippen molar-refractivity contribution in [1.29, 1.82) is 0 Å². The van der Waals surface area contributed by atoms with E-state index in [9.17, 15) is 4.79 Å². The van der Waals surface area contributed by atoms with Crippen LogP contribution in [-0.2, 0) is 17.8 Å². The predicted octanol–water partition coefficient (Wildman–Crippen LogP) is 1.94. The van der Waals surface area contributed by atoms with Gasteiger partial charge in [-0.25, -0.2) is 9.97 Å². The molecular formula is C19H24N4O4. The lowest BCUT2D eigenvalue weighted by Crippen LogP contribution is -2.48. The van der Waals surface area contributed by atoms with Gasteiger partial charge in [-0.1, -0.05) is 0 Å². The Hall–Kier alpha value is -2.61. The highest BCUT2D eigenvalue weighted by molar-refractivity contribution is 5.91. The van der Waals surface area contributed by atoms with Crippen molar-refractivity contribution >= 4 is 11.9 Å². The predicted molar refractivity (Wildman–Crippen MR) is 98.0 cm³/mol. The Labute approximate surface area is 157 Å². The van der Waals surface area contributed by atoms with Crippen molar-refractivity contribution in [2.75, 3.05) is 31.2 Å². The molecule has 1 fully saturated rings. The topological polar surface area (TPSA) is 89.7 Å². The van der Waals surface area contributed by atoms with Gasteiger partial charge < -0.3 is 24.1 Å². The fourth-order valence-electron chi connectivity index (χ4n) is 3.47. The van der Waals surface area contributed by atoms with Crippen LogP contribution in [0.4, 0.5) is 5.95 Å². The molecule has 8 nitrogen and oxygen atoms in total. The third kappa shape index (κ3) is 4.05. The number of furan rings is 1. The summed E-state index contributed by atoms with van der Waals surface area (Å²) in [5.74, 6) is 1.13. The Balaban J connectivity index is 1.39. The zero-order valence-electron chi connectivity index (χ0n) is 15.4. The summed E-state index contributed by atoms with van der Waals surface area (Å²) in [7, 11) is 0. The molecule has 0 unspecified atom stereocenters. The van der Waals surface area contributed by atoms with Crippen LogP contribution in [0.1, 0.15) is 41.6 Å². The average Bonchev–Trinajstić information content (AvgIpc) is 3.17. The Kier molecular flexibility index (Phi) is 5.24. The van der Waals surface area contributed by atoms with Gasteiger partial charge in [-0.3, -0.25) is 4.79 Å². The van der Waals surface area contributed by atoms with Gasteiger partial charge in [0.2, 0.25) is 5.95 Å². The Morgan fingerprint density at radius 1 is 1.44 bits per heavy atom. The molecule has 2 aliphatic heterocycles. The molecule has 0 spiro atoms. The highest BCUT2D eigenvalue weighted by Crippen LogP contribution is 2.21. The van der Waals surface area contributed by atoms with Crippen LogP contribution in [0.2, 0.25) is 0 Å². The van der Waals surface area contributed by atoms with Crippen molar-refractivity contribution in [3.05, 3.63) is 35.3 Å². The molecule has 4 heterocycles. The fraction of sp³-hybridized carbons (Fsp3) is 0.526. The van der Waals surface area contributed by atoms with Crippen LogP contribution in [0.15, 0.2) is 22.7 Å². The summed E-state index contributed by atoms with van der Waals surface area (Å²) in [6.45, 7) is 5.22. The minimum Gasteiger partial charge on any atom is -0.465 e. The number of rotatable bonds is 5. The molecule has 0 saturated carbocycles. The number of fused-ring (bicyclic) bond motifs is 1. The van der Waals surface area contributed by atoms with Gasteiger partial charge in [0.25, 0.3) is 11.9 Å². The van der Waals surface area contributed by atoms with Gasteiger partial charge in [0.05, 0.1) is 25.5 Å². The maximum Gasteiger partial charge on any atom is 0.287 e. The summed E-state index contributed by atoms with van der Waals surface area (Å²) in [6.07, 6.45) is 4.56. The van der Waals surface area contributed by atoms with E-state index in [1.807, 2.05) is 13.1 Å². The third-order valence-electron chi connectivity index (χ3n) is 4.81. The van der Waals surface area contributed by atoms with E-state index in [1.165, 1.54) is 0 Å². The molecule has 0 bridgehead atoms. The van der Waals surface area contributed by atoms with E-state index in [2.05, 4.69) is 15.2 Å². The molecule has 2 aromatic heterocycles. The first kappa shape index (κ1) is 17.8. The van der Waals surface area contributed by atoms with Crippen molar-refractivity contribution in [2.45, 2.75) is 38.8 Å². The van der Waals surface area contributed by atoms with Crippen LogP contribution < -0.4 is 15.0 Å². The lowest BCUT2D eigenvalue weighted by Gasteiger charge is -2.33. The molecule has 2 aromatic rings. The highest BCUT2D eigenvalue weighted by atomic mass is 16.6. The molecule has 0 radical (unpaired) electrons. The van der Waals surface area contributed by atoms with E-state index in [1.54, 1.807) is 12.1 Å². The molecule has 4 rings (SSSR count). The molecule has 1 saturated heterocycles. The minimum absolute atomic E-state index is 0.0230. The first-order valence-corrected chi connectivity index (χ1v) is 9.44. The van der Waals surface area contributed by atoms with Crippen LogP contribution in [0.5, 0.6) is 5.95 Å². The number of piperidine rings is 1. The summed E-state index contributed by atoms with van der Waals surface area (Å²) in [4.78, 5) is 23.8. The monoisotopic (exact) mass is 372 g/mol. The van der Waals surface area contributed by atoms with Gasteiger partial charge in [-0.05, 0) is 25.8 Å². The maximum atomic E-state index is 12.4. The Morgan fingerprint density at radius 3 is 3.26 bits per heavy atom. The second-order valence-corrected chi connectivity index (χ2v) is 6.75. The molecule has 27 heavy (non-hydrogen) atoms. The fourth-order valence-corrected chi connectivity index (χ4v) is 3.47. The zero-order valence-corrected chi connectivity index (χ0v) is 15.4. The van der Waals surface area contributed by atoms with Gasteiger partial charge in [0.15, 0.2) is 5.76 Å². The second-order valence-electron chi connectivity index (χ2n) is 6.75. The summed E-state index contributed by atoms with van der Waals surface area (Å²) in [6, 6.07) is 3.32. The molecule has 0 aromatic carbocycles. The van der Waals surface area contributed by atoms with Gasteiger partial charge >= 0.3 is 0 Å². The number of carbonyl (C=O) groups excluding carboxylic acids is 1. The summed E-state index contributed by atoms with van der Waals surface area (Å²) in [5.41, 5.74) is 2.13. The lowest BCUT2D eigenvalue weighted by atomic mass is 10.1. The van der Waals surface area contributed by atoms with Crippen LogP contribution in [0.3, 0.4) is 0 Å². The van der Waals surface area contributed by atoms with Crippen molar-refractivity contribution in [1.82, 2.24) is 15.3 Å². The molecule has 144 valence electrons. The van der Waals surface area contributed by atoms with Crippen molar-refractivity contribution in [3.63, 3.8) is 0 Å². The number of nitrogens with zero attached hydrogens (tertiary/aromatic N) is 3. The number of hydrogen-bond acceptors (Lipinski definition) is 7. The lowest BCUT2D eigenvalue weighted by molar-refractivity contribution is 0.0896. The summed E-state index contributed by atoms with van der Waals surface area (Å²) < 4.78 is 16.1. The Morgan fingerprint density at radius 2 is 2.37 bits per heavy atom. The maximum absolute atomic E-state index is 12.4. The average molecular weight is 372 g/mol. The molecule has 0 aliphatic carbocycles. The standard InChI is InChI=1S/C19H24N4O4/c1-2-26-17-6-5-16(27-17)18(24)21-14-4-3-8-23(11-14)19-20-10-13-12-25-9-7-15(13)22-19/h5-6,10,14H,2-4,7-9,11-12H2,1H3,(H,21,24)/t14-/m0/s1. The van der Waals surface area contributed by atoms with E-state index >= 15 is 0 Å². The second kappa shape index (κ2) is 7.96. The smallest absolute Gasteiger partial charge is 0.287 e. The quantitative estimate of drug-likeness (QED) is 0.858. The first-order chi connectivity index (χ1) is 13.2. The molecule has 1 atom stereocenters. The van der Waals surface area contributed by atoms with Crippen LogP contribution in [0.25, 0.3) is 0 Å².